The maximum Gasteiger partial charge on any atom is 0.184 e. The van der Waals surface area contributed by atoms with E-state index in [1.54, 1.807) is 0 Å². The molecule has 0 heterocycles. The van der Waals surface area contributed by atoms with Crippen molar-refractivity contribution in [3.8, 4) is 0 Å². The first-order valence-electron chi connectivity index (χ1n) is 7.42. The Morgan fingerprint density at radius 1 is 1.21 bits per heavy atom. The van der Waals surface area contributed by atoms with Gasteiger partial charge in [-0.05, 0) is 57.7 Å². The van der Waals surface area contributed by atoms with Gasteiger partial charge in [-0.2, -0.15) is 0 Å². The summed E-state index contributed by atoms with van der Waals surface area (Å²) in [5.74, 6) is 0.722. The summed E-state index contributed by atoms with van der Waals surface area (Å²) < 4.78 is 6.63. The lowest BCUT2D eigenvalue weighted by Crippen LogP contribution is -2.49. The number of rotatable bonds is 6. The van der Waals surface area contributed by atoms with Crippen LogP contribution in [-0.4, -0.2) is 24.6 Å². The van der Waals surface area contributed by atoms with Crippen molar-refractivity contribution in [1.82, 2.24) is 0 Å². The third kappa shape index (κ3) is 2.48. The van der Waals surface area contributed by atoms with Gasteiger partial charge in [0.15, 0.2) is 8.32 Å². The minimum Gasteiger partial charge on any atom is -0.411 e. The van der Waals surface area contributed by atoms with Crippen LogP contribution in [0.5, 0.6) is 0 Å². The summed E-state index contributed by atoms with van der Waals surface area (Å²) >= 11 is 0. The van der Waals surface area contributed by atoms with Crippen LogP contribution >= 0.6 is 0 Å². The average molecular weight is 280 g/mol. The van der Waals surface area contributed by atoms with Crippen molar-refractivity contribution in [2.75, 3.05) is 0 Å². The van der Waals surface area contributed by atoms with Crippen LogP contribution in [0.25, 0.3) is 0 Å². The van der Waals surface area contributed by atoms with Gasteiger partial charge >= 0.3 is 0 Å². The van der Waals surface area contributed by atoms with E-state index < -0.39 is 13.9 Å². The topological polar surface area (TPSA) is 29.5 Å². The van der Waals surface area contributed by atoms with Gasteiger partial charge in [0.1, 0.15) is 0 Å². The molecule has 1 N–H and O–H groups in total. The summed E-state index contributed by atoms with van der Waals surface area (Å²) in [4.78, 5) is 0. The summed E-state index contributed by atoms with van der Waals surface area (Å²) in [5, 5.41) is 11.0. The van der Waals surface area contributed by atoms with Gasteiger partial charge in [-0.3, -0.25) is 0 Å². The summed E-state index contributed by atoms with van der Waals surface area (Å²) in [7, 11) is -1.65. The molecule has 0 saturated heterocycles. The molecule has 0 aromatic rings. The van der Waals surface area contributed by atoms with Crippen molar-refractivity contribution in [2.24, 2.45) is 11.8 Å². The zero-order valence-corrected chi connectivity index (χ0v) is 13.6. The normalized spacial score (nSPS) is 41.5. The molecule has 0 radical (unpaired) electrons. The molecule has 2 fully saturated rings. The minimum atomic E-state index is -1.65. The number of hydrogen-bond acceptors (Lipinski definition) is 2. The first-order valence-corrected chi connectivity index (χ1v) is 10.8. The fourth-order valence-electron chi connectivity index (χ4n) is 4.48. The first-order chi connectivity index (χ1) is 8.77. The highest BCUT2D eigenvalue weighted by atomic mass is 28.4. The van der Waals surface area contributed by atoms with Crippen LogP contribution in [0.2, 0.25) is 19.6 Å². The van der Waals surface area contributed by atoms with Crippen LogP contribution in [0.1, 0.15) is 32.1 Å². The zero-order valence-electron chi connectivity index (χ0n) is 12.6. The lowest BCUT2D eigenvalue weighted by Gasteiger charge is -2.42. The van der Waals surface area contributed by atoms with E-state index in [0.29, 0.717) is 12.3 Å². The predicted octanol–water partition coefficient (Wildman–Crippen LogP) is 3.89. The van der Waals surface area contributed by atoms with Crippen molar-refractivity contribution < 1.29 is 9.53 Å². The van der Waals surface area contributed by atoms with Gasteiger partial charge in [0.25, 0.3) is 0 Å². The second-order valence-electron chi connectivity index (χ2n) is 7.29. The summed E-state index contributed by atoms with van der Waals surface area (Å²) in [5.41, 5.74) is -0.767. The smallest absolute Gasteiger partial charge is 0.184 e. The van der Waals surface area contributed by atoms with Crippen LogP contribution in [0.15, 0.2) is 25.3 Å². The Morgan fingerprint density at radius 3 is 2.37 bits per heavy atom. The van der Waals surface area contributed by atoms with Crippen molar-refractivity contribution in [3.05, 3.63) is 25.3 Å². The van der Waals surface area contributed by atoms with E-state index >= 15 is 0 Å². The molecule has 4 atom stereocenters. The van der Waals surface area contributed by atoms with Gasteiger partial charge in [-0.15, -0.1) is 13.2 Å². The van der Waals surface area contributed by atoms with Crippen LogP contribution < -0.4 is 0 Å². The molecule has 2 nitrogen and oxygen atoms in total. The summed E-state index contributed by atoms with van der Waals surface area (Å²) in [6, 6.07) is 0. The van der Waals surface area contributed by atoms with Gasteiger partial charge < -0.3 is 9.53 Å². The maximum absolute atomic E-state index is 11.0. The lowest BCUT2D eigenvalue weighted by atomic mass is 9.79. The second-order valence-corrected chi connectivity index (χ2v) is 11.7. The highest BCUT2D eigenvalue weighted by Crippen LogP contribution is 2.62. The SMILES string of the molecule is C=CC[C@]1(O)C[C@H]2CC[C@@H]1[C@]2(CC=C)O[Si](C)(C)C. The molecule has 2 aliphatic carbocycles. The average Bonchev–Trinajstić information content (AvgIpc) is 2.66. The largest absolute Gasteiger partial charge is 0.411 e. The molecule has 2 rings (SSSR count). The molecule has 2 bridgehead atoms. The van der Waals surface area contributed by atoms with Crippen LogP contribution in [0.4, 0.5) is 0 Å². The van der Waals surface area contributed by atoms with Crippen molar-refractivity contribution in [2.45, 2.75) is 62.9 Å². The van der Waals surface area contributed by atoms with E-state index in [1.807, 2.05) is 12.2 Å². The Balaban J connectivity index is 2.34. The molecule has 108 valence electrons. The van der Waals surface area contributed by atoms with Crippen molar-refractivity contribution >= 4 is 8.32 Å². The summed E-state index contributed by atoms with van der Waals surface area (Å²) in [6.07, 6.45) is 8.50. The molecule has 2 saturated carbocycles. The van der Waals surface area contributed by atoms with Crippen LogP contribution in [-0.2, 0) is 4.43 Å². The molecule has 0 aromatic heterocycles. The van der Waals surface area contributed by atoms with E-state index in [1.165, 1.54) is 6.42 Å². The van der Waals surface area contributed by atoms with Gasteiger partial charge in [-0.1, -0.05) is 12.2 Å². The van der Waals surface area contributed by atoms with Gasteiger partial charge in [0.2, 0.25) is 0 Å². The molecule has 3 heteroatoms. The van der Waals surface area contributed by atoms with Crippen LogP contribution in [0.3, 0.4) is 0 Å². The molecular weight excluding hydrogens is 252 g/mol. The summed E-state index contributed by atoms with van der Waals surface area (Å²) in [6.45, 7) is 14.4. The highest BCUT2D eigenvalue weighted by Gasteiger charge is 2.65. The Bertz CT molecular complexity index is 373. The fraction of sp³-hybridized carbons (Fsp3) is 0.750. The minimum absolute atomic E-state index is 0.163. The third-order valence-electron chi connectivity index (χ3n) is 4.79. The molecular formula is C16H28O2Si. The number of aliphatic hydroxyl groups is 1. The monoisotopic (exact) mass is 280 g/mol. The molecule has 2 aliphatic rings. The van der Waals surface area contributed by atoms with Crippen LogP contribution in [0, 0.1) is 11.8 Å². The molecule has 19 heavy (non-hydrogen) atoms. The quantitative estimate of drug-likeness (QED) is 0.591. The lowest BCUT2D eigenvalue weighted by molar-refractivity contribution is -0.0553. The first kappa shape index (κ1) is 15.0. The molecule has 0 aliphatic heterocycles. The van der Waals surface area contributed by atoms with E-state index in [2.05, 4.69) is 32.8 Å². The maximum atomic E-state index is 11.0. The van der Waals surface area contributed by atoms with E-state index in [9.17, 15) is 5.11 Å². The van der Waals surface area contributed by atoms with Gasteiger partial charge in [-0.25, -0.2) is 0 Å². The van der Waals surface area contributed by atoms with Crippen molar-refractivity contribution in [3.63, 3.8) is 0 Å². The van der Waals surface area contributed by atoms with E-state index in [0.717, 1.165) is 19.3 Å². The number of fused-ring (bicyclic) bond motifs is 2. The molecule has 0 amide bonds. The molecule has 0 spiro atoms. The molecule has 0 aromatic carbocycles. The zero-order chi connectivity index (χ0) is 14.3. The van der Waals surface area contributed by atoms with Gasteiger partial charge in [0, 0.05) is 5.92 Å². The van der Waals surface area contributed by atoms with E-state index in [-0.39, 0.29) is 11.5 Å². The van der Waals surface area contributed by atoms with Gasteiger partial charge in [0.05, 0.1) is 11.2 Å². The predicted molar refractivity (Wildman–Crippen MR) is 82.6 cm³/mol. The second kappa shape index (κ2) is 4.87. The van der Waals surface area contributed by atoms with Crippen molar-refractivity contribution in [1.29, 1.82) is 0 Å². The Kier molecular flexibility index (Phi) is 3.85. The Hall–Kier alpha value is -0.383. The van der Waals surface area contributed by atoms with E-state index in [4.69, 9.17) is 4.43 Å². The highest BCUT2D eigenvalue weighted by molar-refractivity contribution is 6.69. The Labute approximate surface area is 118 Å². The molecule has 0 unspecified atom stereocenters. The third-order valence-corrected chi connectivity index (χ3v) is 5.78. The number of hydrogen-bond donors (Lipinski definition) is 1. The Morgan fingerprint density at radius 2 is 1.84 bits per heavy atom. The fourth-order valence-corrected chi connectivity index (χ4v) is 6.02. The standard InChI is InChI=1S/C16H28O2Si/c1-6-10-15(17)12-13-8-9-14(15)16(13,11-7-2)18-19(3,4)5/h6-7,13-14,17H,1-2,8-12H2,3-5H3/t13-,14+,15+,16-/m1/s1.